The Morgan fingerprint density at radius 3 is 3.10 bits per heavy atom. The molecule has 0 bridgehead atoms. The standard InChI is InChI=1S/C20H20N4O3S2/c1-26-14-5-2-4-13(10-14)12-29-20-22-21-19-23(11-15-6-3-8-27-15)18(25)17-16(24(19)20)7-9-28-17/h2,4-5,7,9-10,15H,3,6,8,11-12H2,1H3/t15-/m0/s1. The third kappa shape index (κ3) is 3.43. The lowest BCUT2D eigenvalue weighted by Gasteiger charge is -2.13. The van der Waals surface area contributed by atoms with E-state index in [-0.39, 0.29) is 11.7 Å². The van der Waals surface area contributed by atoms with Gasteiger partial charge in [0.05, 0.1) is 25.3 Å². The van der Waals surface area contributed by atoms with E-state index in [0.29, 0.717) is 12.3 Å². The maximum Gasteiger partial charge on any atom is 0.272 e. The van der Waals surface area contributed by atoms with Crippen molar-refractivity contribution in [3.05, 3.63) is 51.6 Å². The molecule has 1 fully saturated rings. The molecule has 9 heteroatoms. The van der Waals surface area contributed by atoms with Gasteiger partial charge in [0.2, 0.25) is 5.78 Å². The average molecular weight is 429 g/mol. The molecule has 1 aromatic carbocycles. The summed E-state index contributed by atoms with van der Waals surface area (Å²) >= 11 is 3.05. The molecule has 4 heterocycles. The van der Waals surface area contributed by atoms with Crippen LogP contribution in [0.2, 0.25) is 0 Å². The third-order valence-electron chi connectivity index (χ3n) is 5.09. The van der Waals surface area contributed by atoms with Crippen LogP contribution in [0, 0.1) is 0 Å². The van der Waals surface area contributed by atoms with Crippen molar-refractivity contribution < 1.29 is 9.47 Å². The molecule has 0 unspecified atom stereocenters. The highest BCUT2D eigenvalue weighted by Crippen LogP contribution is 2.28. The summed E-state index contributed by atoms with van der Waals surface area (Å²) in [5, 5.41) is 11.5. The largest absolute Gasteiger partial charge is 0.497 e. The predicted molar refractivity (Wildman–Crippen MR) is 114 cm³/mol. The second-order valence-electron chi connectivity index (χ2n) is 6.94. The van der Waals surface area contributed by atoms with E-state index in [2.05, 4.69) is 16.3 Å². The van der Waals surface area contributed by atoms with Crippen molar-refractivity contribution in [1.29, 1.82) is 0 Å². The molecule has 0 N–H and O–H groups in total. The molecule has 1 atom stereocenters. The van der Waals surface area contributed by atoms with Crippen LogP contribution in [0.5, 0.6) is 5.75 Å². The summed E-state index contributed by atoms with van der Waals surface area (Å²) in [7, 11) is 1.67. The molecule has 0 saturated carbocycles. The maximum atomic E-state index is 13.1. The normalized spacial score (nSPS) is 16.8. The number of thiophene rings is 1. The lowest BCUT2D eigenvalue weighted by atomic mass is 10.2. The van der Waals surface area contributed by atoms with Crippen LogP contribution in [0.15, 0.2) is 45.7 Å². The lowest BCUT2D eigenvalue weighted by Crippen LogP contribution is -2.28. The van der Waals surface area contributed by atoms with E-state index >= 15 is 0 Å². The van der Waals surface area contributed by atoms with Gasteiger partial charge in [0, 0.05) is 12.4 Å². The number of hydrogen-bond donors (Lipinski definition) is 0. The Balaban J connectivity index is 1.54. The second kappa shape index (κ2) is 7.81. The van der Waals surface area contributed by atoms with Gasteiger partial charge in [-0.05, 0) is 42.0 Å². The van der Waals surface area contributed by atoms with E-state index in [1.54, 1.807) is 23.4 Å². The number of hydrogen-bond acceptors (Lipinski definition) is 7. The Morgan fingerprint density at radius 2 is 2.28 bits per heavy atom. The van der Waals surface area contributed by atoms with Crippen LogP contribution in [-0.4, -0.2) is 39.0 Å². The van der Waals surface area contributed by atoms with Crippen molar-refractivity contribution >= 4 is 39.1 Å². The Bertz CT molecular complexity index is 1220. The number of aromatic nitrogens is 4. The molecule has 4 aromatic rings. The fourth-order valence-corrected chi connectivity index (χ4v) is 5.37. The molecule has 0 amide bonds. The summed E-state index contributed by atoms with van der Waals surface area (Å²) in [5.74, 6) is 2.14. The SMILES string of the molecule is COc1cccc(CSc2nnc3n(C[C@@H]4CCCO4)c(=O)c4sccc4n23)c1. The van der Waals surface area contributed by atoms with Gasteiger partial charge in [-0.1, -0.05) is 23.9 Å². The van der Waals surface area contributed by atoms with Gasteiger partial charge in [-0.25, -0.2) is 0 Å². The molecule has 7 nitrogen and oxygen atoms in total. The maximum absolute atomic E-state index is 13.1. The quantitative estimate of drug-likeness (QED) is 0.437. The first kappa shape index (κ1) is 18.7. The molecule has 1 saturated heterocycles. The average Bonchev–Trinajstić information content (AvgIpc) is 3.50. The number of fused-ring (bicyclic) bond motifs is 3. The van der Waals surface area contributed by atoms with E-state index in [1.165, 1.54) is 11.3 Å². The summed E-state index contributed by atoms with van der Waals surface area (Å²) < 4.78 is 15.5. The van der Waals surface area contributed by atoms with Crippen LogP contribution in [0.3, 0.4) is 0 Å². The smallest absolute Gasteiger partial charge is 0.272 e. The van der Waals surface area contributed by atoms with Crippen molar-refractivity contribution in [3.8, 4) is 5.75 Å². The van der Waals surface area contributed by atoms with E-state index in [9.17, 15) is 4.79 Å². The molecule has 1 aliphatic rings. The molecule has 150 valence electrons. The van der Waals surface area contributed by atoms with Crippen LogP contribution in [0.1, 0.15) is 18.4 Å². The summed E-state index contributed by atoms with van der Waals surface area (Å²) in [5.41, 5.74) is 1.98. The highest BCUT2D eigenvalue weighted by Gasteiger charge is 2.22. The zero-order valence-electron chi connectivity index (χ0n) is 15.9. The first-order valence-electron chi connectivity index (χ1n) is 9.47. The van der Waals surface area contributed by atoms with Gasteiger partial charge in [0.25, 0.3) is 5.56 Å². The van der Waals surface area contributed by atoms with Gasteiger partial charge in [-0.2, -0.15) is 0 Å². The van der Waals surface area contributed by atoms with E-state index in [4.69, 9.17) is 9.47 Å². The second-order valence-corrected chi connectivity index (χ2v) is 8.80. The fraction of sp³-hybridized carbons (Fsp3) is 0.350. The summed E-state index contributed by atoms with van der Waals surface area (Å²) in [6, 6.07) is 9.95. The Hall–Kier alpha value is -2.36. The zero-order valence-corrected chi connectivity index (χ0v) is 17.5. The van der Waals surface area contributed by atoms with Crippen molar-refractivity contribution in [2.75, 3.05) is 13.7 Å². The van der Waals surface area contributed by atoms with Gasteiger partial charge in [-0.15, -0.1) is 21.5 Å². The molecule has 0 radical (unpaired) electrons. The van der Waals surface area contributed by atoms with E-state index in [1.807, 2.05) is 34.0 Å². The number of thioether (sulfide) groups is 1. The molecule has 5 rings (SSSR count). The minimum absolute atomic E-state index is 0.0188. The minimum Gasteiger partial charge on any atom is -0.497 e. The zero-order chi connectivity index (χ0) is 19.8. The number of nitrogens with zero attached hydrogens (tertiary/aromatic N) is 4. The lowest BCUT2D eigenvalue weighted by molar-refractivity contribution is 0.0969. The molecule has 3 aromatic heterocycles. The van der Waals surface area contributed by atoms with Crippen LogP contribution < -0.4 is 10.3 Å². The van der Waals surface area contributed by atoms with Crippen molar-refractivity contribution in [2.24, 2.45) is 0 Å². The third-order valence-corrected chi connectivity index (χ3v) is 6.99. The minimum atomic E-state index is -0.0188. The van der Waals surface area contributed by atoms with Crippen molar-refractivity contribution in [3.63, 3.8) is 0 Å². The highest BCUT2D eigenvalue weighted by atomic mass is 32.2. The topological polar surface area (TPSA) is 70.7 Å². The highest BCUT2D eigenvalue weighted by molar-refractivity contribution is 7.98. The van der Waals surface area contributed by atoms with Crippen molar-refractivity contribution in [2.45, 2.75) is 36.4 Å². The molecule has 0 aliphatic carbocycles. The number of benzene rings is 1. The molecule has 0 spiro atoms. The Kier molecular flexibility index (Phi) is 5.03. The van der Waals surface area contributed by atoms with Gasteiger partial charge < -0.3 is 9.47 Å². The summed E-state index contributed by atoms with van der Waals surface area (Å²) in [6.45, 7) is 1.26. The van der Waals surface area contributed by atoms with Gasteiger partial charge >= 0.3 is 0 Å². The summed E-state index contributed by atoms with van der Waals surface area (Å²) in [4.78, 5) is 13.1. The monoisotopic (exact) mass is 428 g/mol. The molecule has 1 aliphatic heterocycles. The Labute approximate surface area is 175 Å². The van der Waals surface area contributed by atoms with Crippen molar-refractivity contribution in [1.82, 2.24) is 19.2 Å². The van der Waals surface area contributed by atoms with Crippen LogP contribution >= 0.6 is 23.1 Å². The fourth-order valence-electron chi connectivity index (χ4n) is 3.66. The van der Waals surface area contributed by atoms with Gasteiger partial charge in [-0.3, -0.25) is 13.8 Å². The van der Waals surface area contributed by atoms with Gasteiger partial charge in [0.15, 0.2) is 5.16 Å². The first-order valence-corrected chi connectivity index (χ1v) is 11.3. The Morgan fingerprint density at radius 1 is 1.34 bits per heavy atom. The van der Waals surface area contributed by atoms with Crippen LogP contribution in [0.25, 0.3) is 16.0 Å². The van der Waals surface area contributed by atoms with E-state index < -0.39 is 0 Å². The molecule has 29 heavy (non-hydrogen) atoms. The molecular formula is C20H20N4O3S2. The molecular weight excluding hydrogens is 408 g/mol. The number of methoxy groups -OCH3 is 1. The number of ether oxygens (including phenoxy) is 2. The van der Waals surface area contributed by atoms with Crippen LogP contribution in [0.4, 0.5) is 0 Å². The predicted octanol–water partition coefficient (Wildman–Crippen LogP) is 3.59. The van der Waals surface area contributed by atoms with Gasteiger partial charge in [0.1, 0.15) is 10.4 Å². The first-order chi connectivity index (χ1) is 14.2. The number of rotatable bonds is 6. The van der Waals surface area contributed by atoms with E-state index in [0.717, 1.165) is 51.9 Å². The van der Waals surface area contributed by atoms with Crippen LogP contribution in [-0.2, 0) is 17.0 Å². The summed E-state index contributed by atoms with van der Waals surface area (Å²) in [6.07, 6.45) is 2.05.